The van der Waals surface area contributed by atoms with Crippen molar-refractivity contribution < 1.29 is 9.53 Å². The van der Waals surface area contributed by atoms with Gasteiger partial charge in [-0.1, -0.05) is 25.1 Å². The van der Waals surface area contributed by atoms with Crippen molar-refractivity contribution in [3.63, 3.8) is 0 Å². The van der Waals surface area contributed by atoms with Gasteiger partial charge in [0.2, 0.25) is 5.91 Å². The third-order valence-electron chi connectivity index (χ3n) is 2.75. The van der Waals surface area contributed by atoms with E-state index in [0.717, 1.165) is 5.75 Å². The summed E-state index contributed by atoms with van der Waals surface area (Å²) in [5, 5.41) is 3.01. The van der Waals surface area contributed by atoms with Crippen molar-refractivity contribution in [3.8, 4) is 5.75 Å². The fourth-order valence-electron chi connectivity index (χ4n) is 1.70. The molecule has 1 unspecified atom stereocenters. The van der Waals surface area contributed by atoms with Crippen molar-refractivity contribution in [1.82, 2.24) is 10.2 Å². The van der Waals surface area contributed by atoms with E-state index in [2.05, 4.69) is 5.32 Å². The molecule has 0 saturated carbocycles. The summed E-state index contributed by atoms with van der Waals surface area (Å²) in [7, 11) is 3.66. The average molecular weight is 287 g/mol. The van der Waals surface area contributed by atoms with Crippen LogP contribution in [0.5, 0.6) is 5.75 Å². The van der Waals surface area contributed by atoms with Crippen molar-refractivity contribution in [1.29, 1.82) is 0 Å². The van der Waals surface area contributed by atoms with Crippen LogP contribution in [0.15, 0.2) is 30.3 Å². The molecular weight excluding hydrogens is 264 g/mol. The lowest BCUT2D eigenvalue weighted by molar-refractivity contribution is -0.133. The van der Waals surface area contributed by atoms with Crippen LogP contribution in [0.4, 0.5) is 0 Å². The standard InChI is InChI=1S/C14H22N2O2.ClH/c1-12(11-15-2)14(17)16(3)9-10-18-13-7-5-4-6-8-13;/h4-8,12,15H,9-11H2,1-3H3;1H. The molecule has 1 rings (SSSR count). The molecule has 1 aromatic rings. The molecule has 0 aliphatic rings. The van der Waals surface area contributed by atoms with Crippen LogP contribution in [0.3, 0.4) is 0 Å². The molecule has 0 bridgehead atoms. The van der Waals surface area contributed by atoms with Crippen LogP contribution in [0.1, 0.15) is 6.92 Å². The molecule has 0 heterocycles. The van der Waals surface area contributed by atoms with E-state index < -0.39 is 0 Å². The van der Waals surface area contributed by atoms with Gasteiger partial charge in [0.15, 0.2) is 0 Å². The van der Waals surface area contributed by atoms with Crippen LogP contribution in [-0.4, -0.2) is 44.6 Å². The summed E-state index contributed by atoms with van der Waals surface area (Å²) in [4.78, 5) is 13.6. The van der Waals surface area contributed by atoms with E-state index >= 15 is 0 Å². The van der Waals surface area contributed by atoms with Gasteiger partial charge in [0.05, 0.1) is 6.54 Å². The fourth-order valence-corrected chi connectivity index (χ4v) is 1.70. The Morgan fingerprint density at radius 1 is 1.37 bits per heavy atom. The van der Waals surface area contributed by atoms with Gasteiger partial charge in [-0.2, -0.15) is 0 Å². The number of carbonyl (C=O) groups is 1. The highest BCUT2D eigenvalue weighted by Crippen LogP contribution is 2.08. The minimum atomic E-state index is -0.00303. The molecule has 0 aliphatic heterocycles. The zero-order chi connectivity index (χ0) is 13.4. The van der Waals surface area contributed by atoms with E-state index in [1.165, 1.54) is 0 Å². The van der Waals surface area contributed by atoms with Gasteiger partial charge in [-0.3, -0.25) is 4.79 Å². The first kappa shape index (κ1) is 17.7. The van der Waals surface area contributed by atoms with Gasteiger partial charge < -0.3 is 15.0 Å². The van der Waals surface area contributed by atoms with Gasteiger partial charge in [-0.05, 0) is 19.2 Å². The Bertz CT molecular complexity index is 360. The Morgan fingerprint density at radius 3 is 2.58 bits per heavy atom. The third kappa shape index (κ3) is 6.45. The average Bonchev–Trinajstić information content (AvgIpc) is 2.39. The number of halogens is 1. The second-order valence-corrected chi connectivity index (χ2v) is 4.38. The highest BCUT2D eigenvalue weighted by atomic mass is 35.5. The third-order valence-corrected chi connectivity index (χ3v) is 2.75. The van der Waals surface area contributed by atoms with Gasteiger partial charge in [0.25, 0.3) is 0 Å². The van der Waals surface area contributed by atoms with Crippen LogP contribution < -0.4 is 10.1 Å². The first-order valence-corrected chi connectivity index (χ1v) is 6.22. The number of rotatable bonds is 7. The van der Waals surface area contributed by atoms with E-state index in [-0.39, 0.29) is 24.2 Å². The summed E-state index contributed by atoms with van der Waals surface area (Å²) >= 11 is 0. The number of nitrogens with zero attached hydrogens (tertiary/aromatic N) is 1. The van der Waals surface area contributed by atoms with E-state index in [0.29, 0.717) is 19.7 Å². The number of hydrogen-bond donors (Lipinski definition) is 1. The highest BCUT2D eigenvalue weighted by Gasteiger charge is 2.16. The molecule has 0 spiro atoms. The lowest BCUT2D eigenvalue weighted by Crippen LogP contribution is -2.38. The number of carbonyl (C=O) groups excluding carboxylic acids is 1. The van der Waals surface area contributed by atoms with Crippen LogP contribution in [0.25, 0.3) is 0 Å². The van der Waals surface area contributed by atoms with Crippen LogP contribution in [0.2, 0.25) is 0 Å². The second-order valence-electron chi connectivity index (χ2n) is 4.38. The predicted molar refractivity (Wildman–Crippen MR) is 79.9 cm³/mol. The number of para-hydroxylation sites is 1. The minimum Gasteiger partial charge on any atom is -0.492 e. The van der Waals surface area contributed by atoms with E-state index in [4.69, 9.17) is 4.74 Å². The van der Waals surface area contributed by atoms with Crippen molar-refractivity contribution in [2.75, 3.05) is 33.8 Å². The first-order chi connectivity index (χ1) is 8.65. The molecule has 0 fully saturated rings. The molecule has 1 amide bonds. The van der Waals surface area contributed by atoms with Crippen LogP contribution in [0, 0.1) is 5.92 Å². The lowest BCUT2D eigenvalue weighted by atomic mass is 10.1. The van der Waals surface area contributed by atoms with Crippen molar-refractivity contribution >= 4 is 18.3 Å². The predicted octanol–water partition coefficient (Wildman–Crippen LogP) is 1.80. The second kappa shape index (κ2) is 9.64. The van der Waals surface area contributed by atoms with Gasteiger partial charge >= 0.3 is 0 Å². The maximum absolute atomic E-state index is 11.9. The Kier molecular flexibility index (Phi) is 9.00. The molecule has 0 aromatic heterocycles. The molecule has 19 heavy (non-hydrogen) atoms. The zero-order valence-electron chi connectivity index (χ0n) is 11.8. The highest BCUT2D eigenvalue weighted by molar-refractivity contribution is 5.85. The molecule has 1 atom stereocenters. The van der Waals surface area contributed by atoms with E-state index in [1.807, 2.05) is 51.4 Å². The molecule has 4 nitrogen and oxygen atoms in total. The first-order valence-electron chi connectivity index (χ1n) is 6.22. The molecule has 0 aliphatic carbocycles. The summed E-state index contributed by atoms with van der Waals surface area (Å²) in [6.07, 6.45) is 0. The topological polar surface area (TPSA) is 41.6 Å². The van der Waals surface area contributed by atoms with E-state index in [9.17, 15) is 4.79 Å². The number of hydrogen-bond acceptors (Lipinski definition) is 3. The van der Waals surface area contributed by atoms with Gasteiger partial charge in [0, 0.05) is 19.5 Å². The zero-order valence-corrected chi connectivity index (χ0v) is 12.6. The van der Waals surface area contributed by atoms with E-state index in [1.54, 1.807) is 4.90 Å². The minimum absolute atomic E-state index is 0. The quantitative estimate of drug-likeness (QED) is 0.831. The number of likely N-dealkylation sites (N-methyl/N-ethyl adjacent to an activating group) is 1. The van der Waals surface area contributed by atoms with Crippen LogP contribution >= 0.6 is 12.4 Å². The Hall–Kier alpha value is -1.26. The number of ether oxygens (including phenoxy) is 1. The summed E-state index contributed by atoms with van der Waals surface area (Å²) in [5.41, 5.74) is 0. The number of nitrogens with one attached hydrogen (secondary N) is 1. The van der Waals surface area contributed by atoms with Crippen molar-refractivity contribution in [2.45, 2.75) is 6.92 Å². The number of benzene rings is 1. The molecule has 1 aromatic carbocycles. The summed E-state index contributed by atoms with van der Waals surface area (Å²) in [5.74, 6) is 0.972. The maximum atomic E-state index is 11.9. The smallest absolute Gasteiger partial charge is 0.226 e. The summed E-state index contributed by atoms with van der Waals surface area (Å²) in [6.45, 7) is 3.73. The van der Waals surface area contributed by atoms with Crippen molar-refractivity contribution in [3.05, 3.63) is 30.3 Å². The van der Waals surface area contributed by atoms with Gasteiger partial charge in [-0.15, -0.1) is 12.4 Å². The lowest BCUT2D eigenvalue weighted by Gasteiger charge is -2.21. The summed E-state index contributed by atoms with van der Waals surface area (Å²) < 4.78 is 5.56. The molecule has 0 saturated heterocycles. The van der Waals surface area contributed by atoms with Gasteiger partial charge in [-0.25, -0.2) is 0 Å². The normalized spacial score (nSPS) is 11.3. The fraction of sp³-hybridized carbons (Fsp3) is 0.500. The molecular formula is C14H23ClN2O2. The molecule has 108 valence electrons. The molecule has 0 radical (unpaired) electrons. The summed E-state index contributed by atoms with van der Waals surface area (Å²) in [6, 6.07) is 9.62. The molecule has 1 N–H and O–H groups in total. The Labute approximate surface area is 121 Å². The Morgan fingerprint density at radius 2 is 2.00 bits per heavy atom. The maximum Gasteiger partial charge on any atom is 0.226 e. The monoisotopic (exact) mass is 286 g/mol. The van der Waals surface area contributed by atoms with Crippen LogP contribution in [-0.2, 0) is 4.79 Å². The number of amides is 1. The Balaban J connectivity index is 0.00000324. The molecule has 5 heteroatoms. The van der Waals surface area contributed by atoms with Crippen molar-refractivity contribution in [2.24, 2.45) is 5.92 Å². The largest absolute Gasteiger partial charge is 0.492 e. The SMILES string of the molecule is CNCC(C)C(=O)N(C)CCOc1ccccc1.Cl. The van der Waals surface area contributed by atoms with Gasteiger partial charge in [0.1, 0.15) is 12.4 Å².